The van der Waals surface area contributed by atoms with E-state index in [1.54, 1.807) is 4.90 Å². The molecule has 1 aliphatic heterocycles. The fourth-order valence-electron chi connectivity index (χ4n) is 2.77. The van der Waals surface area contributed by atoms with Crippen molar-refractivity contribution >= 4 is 23.8 Å². The van der Waals surface area contributed by atoms with Crippen molar-refractivity contribution in [1.82, 2.24) is 10.2 Å². The van der Waals surface area contributed by atoms with Gasteiger partial charge in [-0.2, -0.15) is 11.8 Å². The SMILES string of the molecule is CSC1CCC(NC(=O)N2CCOC(CC(=O)O)C2)C1. The summed E-state index contributed by atoms with van der Waals surface area (Å²) in [5.74, 6) is -0.893. The van der Waals surface area contributed by atoms with Gasteiger partial charge in [0.1, 0.15) is 0 Å². The molecule has 0 radical (unpaired) electrons. The van der Waals surface area contributed by atoms with Crippen LogP contribution in [0.5, 0.6) is 0 Å². The van der Waals surface area contributed by atoms with Crippen LogP contribution in [0.15, 0.2) is 0 Å². The van der Waals surface area contributed by atoms with Gasteiger partial charge in [-0.15, -0.1) is 0 Å². The molecular formula is C13H22N2O4S. The number of urea groups is 1. The van der Waals surface area contributed by atoms with Gasteiger partial charge in [0.25, 0.3) is 0 Å². The molecule has 0 spiro atoms. The molecule has 7 heteroatoms. The first-order valence-electron chi connectivity index (χ1n) is 7.00. The van der Waals surface area contributed by atoms with Gasteiger partial charge in [0, 0.05) is 24.4 Å². The largest absolute Gasteiger partial charge is 0.481 e. The first kappa shape index (κ1) is 15.4. The minimum absolute atomic E-state index is 0.0538. The number of hydrogen-bond acceptors (Lipinski definition) is 4. The summed E-state index contributed by atoms with van der Waals surface area (Å²) in [6.45, 7) is 1.29. The predicted molar refractivity (Wildman–Crippen MR) is 77.0 cm³/mol. The molecule has 2 amide bonds. The molecule has 2 aliphatic rings. The van der Waals surface area contributed by atoms with Crippen LogP contribution < -0.4 is 5.32 Å². The Labute approximate surface area is 123 Å². The first-order chi connectivity index (χ1) is 9.58. The molecule has 0 aromatic rings. The number of morpholine rings is 1. The minimum Gasteiger partial charge on any atom is -0.481 e. The lowest BCUT2D eigenvalue weighted by molar-refractivity contribution is -0.141. The van der Waals surface area contributed by atoms with Crippen LogP contribution in [0.25, 0.3) is 0 Å². The maximum absolute atomic E-state index is 12.2. The summed E-state index contributed by atoms with van der Waals surface area (Å²) in [5, 5.41) is 12.5. The number of ether oxygens (including phenoxy) is 1. The zero-order valence-electron chi connectivity index (χ0n) is 11.7. The molecule has 0 aromatic heterocycles. The Hall–Kier alpha value is -0.950. The van der Waals surface area contributed by atoms with Crippen molar-refractivity contribution in [2.75, 3.05) is 26.0 Å². The number of carboxylic acid groups (broad SMARTS) is 1. The summed E-state index contributed by atoms with van der Waals surface area (Å²) in [6, 6.07) is 0.163. The number of carboxylic acids is 1. The lowest BCUT2D eigenvalue weighted by atomic mass is 10.2. The summed E-state index contributed by atoms with van der Waals surface area (Å²) in [7, 11) is 0. The number of aliphatic carboxylic acids is 1. The quantitative estimate of drug-likeness (QED) is 0.814. The van der Waals surface area contributed by atoms with Gasteiger partial charge >= 0.3 is 12.0 Å². The zero-order chi connectivity index (χ0) is 14.5. The van der Waals surface area contributed by atoms with Gasteiger partial charge in [0.15, 0.2) is 0 Å². The summed E-state index contributed by atoms with van der Waals surface area (Å²) in [4.78, 5) is 24.5. The Morgan fingerprint density at radius 1 is 1.45 bits per heavy atom. The van der Waals surface area contributed by atoms with Crippen LogP contribution in [0.2, 0.25) is 0 Å². The summed E-state index contributed by atoms with van der Waals surface area (Å²) < 4.78 is 5.37. The van der Waals surface area contributed by atoms with E-state index < -0.39 is 12.1 Å². The molecular weight excluding hydrogens is 280 g/mol. The summed E-state index contributed by atoms with van der Waals surface area (Å²) >= 11 is 1.86. The lowest BCUT2D eigenvalue weighted by Gasteiger charge is -2.33. The third-order valence-corrected chi connectivity index (χ3v) is 4.97. The van der Waals surface area contributed by atoms with Crippen LogP contribution in [0.4, 0.5) is 4.79 Å². The standard InChI is InChI=1S/C13H22N2O4S/c1-20-11-3-2-9(6-11)14-13(18)15-4-5-19-10(8-15)7-12(16)17/h9-11H,2-8H2,1H3,(H,14,18)(H,16,17). The molecule has 20 heavy (non-hydrogen) atoms. The number of amides is 2. The predicted octanol–water partition coefficient (Wildman–Crippen LogP) is 1.16. The topological polar surface area (TPSA) is 78.9 Å². The molecule has 2 rings (SSSR count). The first-order valence-corrected chi connectivity index (χ1v) is 8.29. The minimum atomic E-state index is -0.893. The molecule has 3 unspecified atom stereocenters. The van der Waals surface area contributed by atoms with Crippen LogP contribution in [0, 0.1) is 0 Å². The Kier molecular flexibility index (Phi) is 5.54. The number of hydrogen-bond donors (Lipinski definition) is 2. The van der Waals surface area contributed by atoms with Gasteiger partial charge < -0.3 is 20.1 Å². The molecule has 0 bridgehead atoms. The molecule has 6 nitrogen and oxygen atoms in total. The van der Waals surface area contributed by atoms with Gasteiger partial charge in [-0.25, -0.2) is 4.79 Å². The van der Waals surface area contributed by atoms with Crippen molar-refractivity contribution in [1.29, 1.82) is 0 Å². The van der Waals surface area contributed by atoms with E-state index in [0.29, 0.717) is 24.9 Å². The third kappa shape index (κ3) is 4.28. The fourth-order valence-corrected chi connectivity index (χ4v) is 3.57. The van der Waals surface area contributed by atoms with Crippen LogP contribution in [0.1, 0.15) is 25.7 Å². The van der Waals surface area contributed by atoms with E-state index in [0.717, 1.165) is 19.3 Å². The van der Waals surface area contributed by atoms with Crippen molar-refractivity contribution in [3.63, 3.8) is 0 Å². The highest BCUT2D eigenvalue weighted by Crippen LogP contribution is 2.28. The van der Waals surface area contributed by atoms with Crippen molar-refractivity contribution in [3.05, 3.63) is 0 Å². The smallest absolute Gasteiger partial charge is 0.317 e. The molecule has 2 N–H and O–H groups in total. The Balaban J connectivity index is 1.78. The van der Waals surface area contributed by atoms with Crippen molar-refractivity contribution in [2.45, 2.75) is 43.1 Å². The highest BCUT2D eigenvalue weighted by molar-refractivity contribution is 7.99. The van der Waals surface area contributed by atoms with E-state index in [1.165, 1.54) is 0 Å². The van der Waals surface area contributed by atoms with E-state index >= 15 is 0 Å². The van der Waals surface area contributed by atoms with Crippen LogP contribution in [-0.4, -0.2) is 65.4 Å². The van der Waals surface area contributed by atoms with E-state index in [9.17, 15) is 9.59 Å². The molecule has 0 aromatic carbocycles. The highest BCUT2D eigenvalue weighted by atomic mass is 32.2. The van der Waals surface area contributed by atoms with E-state index in [-0.39, 0.29) is 18.5 Å². The van der Waals surface area contributed by atoms with Crippen molar-refractivity contribution in [3.8, 4) is 0 Å². The summed E-state index contributed by atoms with van der Waals surface area (Å²) in [5.41, 5.74) is 0. The van der Waals surface area contributed by atoms with Gasteiger partial charge in [0.2, 0.25) is 0 Å². The second kappa shape index (κ2) is 7.17. The maximum Gasteiger partial charge on any atom is 0.317 e. The number of thioether (sulfide) groups is 1. The number of nitrogens with zero attached hydrogens (tertiary/aromatic N) is 1. The number of carbonyl (C=O) groups is 2. The van der Waals surface area contributed by atoms with Crippen LogP contribution in [-0.2, 0) is 9.53 Å². The number of carbonyl (C=O) groups excluding carboxylic acids is 1. The number of nitrogens with one attached hydrogen (secondary N) is 1. The number of rotatable bonds is 4. The lowest BCUT2D eigenvalue weighted by Crippen LogP contribution is -2.51. The average Bonchev–Trinajstić information content (AvgIpc) is 2.86. The molecule has 1 aliphatic carbocycles. The van der Waals surface area contributed by atoms with E-state index in [2.05, 4.69) is 11.6 Å². The molecule has 3 atom stereocenters. The second-order valence-corrected chi connectivity index (χ2v) is 6.49. The molecule has 114 valence electrons. The zero-order valence-corrected chi connectivity index (χ0v) is 12.5. The molecule has 1 saturated carbocycles. The van der Waals surface area contributed by atoms with Crippen LogP contribution >= 0.6 is 11.8 Å². The van der Waals surface area contributed by atoms with Crippen LogP contribution in [0.3, 0.4) is 0 Å². The van der Waals surface area contributed by atoms with Gasteiger partial charge in [-0.05, 0) is 25.5 Å². The molecule has 1 heterocycles. The summed E-state index contributed by atoms with van der Waals surface area (Å²) in [6.07, 6.45) is 4.86. The Morgan fingerprint density at radius 3 is 2.90 bits per heavy atom. The van der Waals surface area contributed by atoms with Gasteiger partial charge in [0.05, 0.1) is 19.1 Å². The maximum atomic E-state index is 12.2. The van der Waals surface area contributed by atoms with E-state index in [4.69, 9.17) is 9.84 Å². The molecule has 2 fully saturated rings. The van der Waals surface area contributed by atoms with Crippen molar-refractivity contribution < 1.29 is 19.4 Å². The monoisotopic (exact) mass is 302 g/mol. The van der Waals surface area contributed by atoms with E-state index in [1.807, 2.05) is 11.8 Å². The third-order valence-electron chi connectivity index (χ3n) is 3.87. The Bertz CT molecular complexity index is 366. The Morgan fingerprint density at radius 2 is 2.25 bits per heavy atom. The highest BCUT2D eigenvalue weighted by Gasteiger charge is 2.29. The molecule has 1 saturated heterocycles. The van der Waals surface area contributed by atoms with Gasteiger partial charge in [-0.3, -0.25) is 4.79 Å². The van der Waals surface area contributed by atoms with Gasteiger partial charge in [-0.1, -0.05) is 0 Å². The fraction of sp³-hybridized carbons (Fsp3) is 0.846. The second-order valence-electron chi connectivity index (χ2n) is 5.35. The normalized spacial score (nSPS) is 30.2. The average molecular weight is 302 g/mol. The van der Waals surface area contributed by atoms with Crippen molar-refractivity contribution in [2.24, 2.45) is 0 Å².